The van der Waals surface area contributed by atoms with Crippen LogP contribution in [0.3, 0.4) is 0 Å². The zero-order chi connectivity index (χ0) is 20.4. The van der Waals surface area contributed by atoms with Gasteiger partial charge in [-0.1, -0.05) is 37.2 Å². The molecule has 0 bridgehead atoms. The number of thioether (sulfide) groups is 1. The van der Waals surface area contributed by atoms with Gasteiger partial charge in [0.25, 0.3) is 5.89 Å². The monoisotopic (exact) mass is 407 g/mol. The van der Waals surface area contributed by atoms with E-state index in [-0.39, 0.29) is 11.8 Å². The number of benzene rings is 2. The molecule has 0 saturated carbocycles. The zero-order valence-electron chi connectivity index (χ0n) is 17.0. The molecule has 1 aromatic heterocycles. The van der Waals surface area contributed by atoms with Gasteiger partial charge >= 0.3 is 0 Å². The number of carbonyl (C=O) groups is 1. The van der Waals surface area contributed by atoms with E-state index in [4.69, 9.17) is 4.52 Å². The number of carbonyl (C=O) groups excluding carboxylic acids is 1. The molecule has 0 radical (unpaired) electrons. The summed E-state index contributed by atoms with van der Waals surface area (Å²) in [6.07, 6.45) is 3.55. The van der Waals surface area contributed by atoms with Crippen LogP contribution in [0.25, 0.3) is 11.5 Å². The summed E-state index contributed by atoms with van der Waals surface area (Å²) in [5.74, 6) is 1.58. The van der Waals surface area contributed by atoms with Crippen molar-refractivity contribution in [2.75, 3.05) is 11.1 Å². The van der Waals surface area contributed by atoms with Crippen LogP contribution < -0.4 is 5.32 Å². The molecule has 0 unspecified atom stereocenters. The molecule has 0 aliphatic heterocycles. The number of anilines is 1. The standard InChI is InChI=1S/C23H25N3O2S/c1-14(2)22-25-23(28-26-22)19-9-4-6-15(3)21(19)24-20(27)13-29-18-11-10-16-7-5-8-17(16)12-18/h4,6,9-12,14H,5,7-8,13H2,1-3H3,(H,24,27). The second-order valence-electron chi connectivity index (χ2n) is 7.73. The van der Waals surface area contributed by atoms with Crippen LogP contribution in [0.2, 0.25) is 0 Å². The van der Waals surface area contributed by atoms with Gasteiger partial charge < -0.3 is 9.84 Å². The summed E-state index contributed by atoms with van der Waals surface area (Å²) in [4.78, 5) is 18.3. The van der Waals surface area contributed by atoms with Gasteiger partial charge in [0.15, 0.2) is 5.82 Å². The molecule has 0 atom stereocenters. The number of aromatic nitrogens is 2. The molecular formula is C23H25N3O2S. The number of nitrogens with one attached hydrogen (secondary N) is 1. The van der Waals surface area contributed by atoms with Gasteiger partial charge in [0, 0.05) is 10.8 Å². The van der Waals surface area contributed by atoms with Gasteiger partial charge in [-0.15, -0.1) is 11.8 Å². The Bertz CT molecular complexity index is 1040. The largest absolute Gasteiger partial charge is 0.334 e. The molecular weight excluding hydrogens is 382 g/mol. The summed E-state index contributed by atoms with van der Waals surface area (Å²) in [5, 5.41) is 7.09. The fraction of sp³-hybridized carbons (Fsp3) is 0.348. The predicted octanol–water partition coefficient (Wildman–Crippen LogP) is 5.39. The zero-order valence-corrected chi connectivity index (χ0v) is 17.8. The Morgan fingerprint density at radius 1 is 1.21 bits per heavy atom. The van der Waals surface area contributed by atoms with Crippen LogP contribution >= 0.6 is 11.8 Å². The Kier molecular flexibility index (Phi) is 5.72. The fourth-order valence-electron chi connectivity index (χ4n) is 3.55. The van der Waals surface area contributed by atoms with Crippen LogP contribution in [0, 0.1) is 6.92 Å². The molecule has 4 rings (SSSR count). The molecule has 6 heteroatoms. The van der Waals surface area contributed by atoms with Crippen molar-refractivity contribution >= 4 is 23.4 Å². The fourth-order valence-corrected chi connectivity index (χ4v) is 4.31. The van der Waals surface area contributed by atoms with Crippen molar-refractivity contribution in [2.45, 2.75) is 50.8 Å². The van der Waals surface area contributed by atoms with Crippen molar-refractivity contribution in [3.8, 4) is 11.5 Å². The van der Waals surface area contributed by atoms with E-state index in [0.717, 1.165) is 28.1 Å². The van der Waals surface area contributed by atoms with Crippen molar-refractivity contribution in [3.63, 3.8) is 0 Å². The summed E-state index contributed by atoms with van der Waals surface area (Å²) in [7, 11) is 0. The first-order valence-electron chi connectivity index (χ1n) is 9.99. The van der Waals surface area contributed by atoms with E-state index in [9.17, 15) is 4.79 Å². The summed E-state index contributed by atoms with van der Waals surface area (Å²) >= 11 is 1.57. The maximum absolute atomic E-state index is 12.7. The van der Waals surface area contributed by atoms with Gasteiger partial charge in [0.05, 0.1) is 17.0 Å². The number of amides is 1. The molecule has 3 aromatic rings. The van der Waals surface area contributed by atoms with Gasteiger partial charge in [0.1, 0.15) is 0 Å². The number of para-hydroxylation sites is 1. The summed E-state index contributed by atoms with van der Waals surface area (Å²) in [6, 6.07) is 12.3. The minimum Gasteiger partial charge on any atom is -0.334 e. The second kappa shape index (κ2) is 8.41. The number of fused-ring (bicyclic) bond motifs is 1. The average molecular weight is 408 g/mol. The molecule has 5 nitrogen and oxygen atoms in total. The molecule has 0 fully saturated rings. The first kappa shape index (κ1) is 19.7. The predicted molar refractivity (Wildman–Crippen MR) is 116 cm³/mol. The number of rotatable bonds is 6. The van der Waals surface area contributed by atoms with Gasteiger partial charge in [-0.2, -0.15) is 4.98 Å². The molecule has 150 valence electrons. The molecule has 0 spiro atoms. The van der Waals surface area contributed by atoms with Gasteiger partial charge in [-0.05, 0) is 61.1 Å². The third-order valence-electron chi connectivity index (χ3n) is 5.17. The SMILES string of the molecule is Cc1cccc(-c2nc(C(C)C)no2)c1NC(=O)CSc1ccc2c(c1)CCC2. The summed E-state index contributed by atoms with van der Waals surface area (Å²) in [5.41, 5.74) is 5.31. The van der Waals surface area contributed by atoms with Crippen LogP contribution in [0.4, 0.5) is 5.69 Å². The topological polar surface area (TPSA) is 68.0 Å². The lowest BCUT2D eigenvalue weighted by molar-refractivity contribution is -0.113. The lowest BCUT2D eigenvalue weighted by Gasteiger charge is -2.12. The van der Waals surface area contributed by atoms with E-state index < -0.39 is 0 Å². The van der Waals surface area contributed by atoms with Gasteiger partial charge in [0.2, 0.25) is 5.91 Å². The van der Waals surface area contributed by atoms with Crippen molar-refractivity contribution in [2.24, 2.45) is 0 Å². The van der Waals surface area contributed by atoms with E-state index in [1.165, 1.54) is 24.0 Å². The van der Waals surface area contributed by atoms with Crippen LogP contribution in [-0.2, 0) is 17.6 Å². The van der Waals surface area contributed by atoms with Gasteiger partial charge in [-0.3, -0.25) is 4.79 Å². The number of aryl methyl sites for hydroxylation is 3. The number of nitrogens with zero attached hydrogens (tertiary/aromatic N) is 2. The average Bonchev–Trinajstić information content (AvgIpc) is 3.37. The van der Waals surface area contributed by atoms with E-state index in [0.29, 0.717) is 17.5 Å². The lowest BCUT2D eigenvalue weighted by atomic mass is 10.1. The third-order valence-corrected chi connectivity index (χ3v) is 6.16. The molecule has 2 aromatic carbocycles. The van der Waals surface area contributed by atoms with Crippen LogP contribution in [-0.4, -0.2) is 21.8 Å². The molecule has 0 saturated heterocycles. The highest BCUT2D eigenvalue weighted by Crippen LogP contribution is 2.31. The Morgan fingerprint density at radius 3 is 2.83 bits per heavy atom. The molecule has 1 amide bonds. The Labute approximate surface area is 175 Å². The minimum absolute atomic E-state index is 0.0466. The van der Waals surface area contributed by atoms with Gasteiger partial charge in [-0.25, -0.2) is 0 Å². The Balaban J connectivity index is 1.47. The highest BCUT2D eigenvalue weighted by molar-refractivity contribution is 8.00. The number of hydrogen-bond donors (Lipinski definition) is 1. The van der Waals surface area contributed by atoms with Crippen LogP contribution in [0.15, 0.2) is 45.8 Å². The molecule has 29 heavy (non-hydrogen) atoms. The molecule has 1 aliphatic carbocycles. The molecule has 1 aliphatic rings. The minimum atomic E-state index is -0.0466. The molecule has 1 N–H and O–H groups in total. The van der Waals surface area contributed by atoms with Crippen molar-refractivity contribution < 1.29 is 9.32 Å². The number of hydrogen-bond acceptors (Lipinski definition) is 5. The van der Waals surface area contributed by atoms with Crippen molar-refractivity contribution in [3.05, 3.63) is 58.9 Å². The van der Waals surface area contributed by atoms with E-state index >= 15 is 0 Å². The summed E-state index contributed by atoms with van der Waals surface area (Å²) < 4.78 is 5.44. The van der Waals surface area contributed by atoms with Crippen molar-refractivity contribution in [1.29, 1.82) is 0 Å². The Morgan fingerprint density at radius 2 is 2.03 bits per heavy atom. The molecule has 1 heterocycles. The van der Waals surface area contributed by atoms with Crippen LogP contribution in [0.5, 0.6) is 0 Å². The lowest BCUT2D eigenvalue weighted by Crippen LogP contribution is -2.15. The summed E-state index contributed by atoms with van der Waals surface area (Å²) in [6.45, 7) is 6.00. The first-order chi connectivity index (χ1) is 14.0. The van der Waals surface area contributed by atoms with Crippen LogP contribution in [0.1, 0.15) is 48.7 Å². The maximum atomic E-state index is 12.7. The first-order valence-corrected chi connectivity index (χ1v) is 11.0. The maximum Gasteiger partial charge on any atom is 0.260 e. The van der Waals surface area contributed by atoms with E-state index in [1.54, 1.807) is 11.8 Å². The van der Waals surface area contributed by atoms with E-state index in [1.807, 2.05) is 39.0 Å². The quantitative estimate of drug-likeness (QED) is 0.555. The van der Waals surface area contributed by atoms with Crippen molar-refractivity contribution in [1.82, 2.24) is 10.1 Å². The smallest absolute Gasteiger partial charge is 0.260 e. The highest BCUT2D eigenvalue weighted by atomic mass is 32.2. The normalized spacial score (nSPS) is 13.0. The highest BCUT2D eigenvalue weighted by Gasteiger charge is 2.18. The van der Waals surface area contributed by atoms with E-state index in [2.05, 4.69) is 33.7 Å². The Hall–Kier alpha value is -2.60. The second-order valence-corrected chi connectivity index (χ2v) is 8.78. The third kappa shape index (κ3) is 4.37.